The third-order valence-electron chi connectivity index (χ3n) is 2.39. The number of nitrogens with one attached hydrogen (secondary N) is 1. The molecule has 1 aromatic rings. The van der Waals surface area contributed by atoms with Crippen LogP contribution >= 0.6 is 23.2 Å². The fourth-order valence-electron chi connectivity index (χ4n) is 1.45. The van der Waals surface area contributed by atoms with Gasteiger partial charge in [0.1, 0.15) is 19.5 Å². The number of halogens is 2. The van der Waals surface area contributed by atoms with E-state index in [4.69, 9.17) is 37.4 Å². The maximum Gasteiger partial charge on any atom is 0.377 e. The number of rotatable bonds is 4. The second kappa shape index (κ2) is 7.19. The highest BCUT2D eigenvalue weighted by Gasteiger charge is 2.18. The molecule has 21 heavy (non-hydrogen) atoms. The first kappa shape index (κ1) is 15.5. The van der Waals surface area contributed by atoms with Crippen molar-refractivity contribution in [3.05, 3.63) is 40.3 Å². The molecule has 1 aromatic carbocycles. The SMILES string of the molecule is O=C(COC(=O)C1=COCCO1)Nc1ccc(Cl)cc1Cl. The third kappa shape index (κ3) is 4.54. The van der Waals surface area contributed by atoms with E-state index in [9.17, 15) is 9.59 Å². The second-order valence-corrected chi connectivity index (χ2v) is 4.79. The molecule has 112 valence electrons. The summed E-state index contributed by atoms with van der Waals surface area (Å²) in [6, 6.07) is 4.61. The van der Waals surface area contributed by atoms with E-state index in [1.807, 2.05) is 0 Å². The second-order valence-electron chi connectivity index (χ2n) is 3.95. The lowest BCUT2D eigenvalue weighted by atomic mass is 10.3. The Morgan fingerprint density at radius 3 is 2.76 bits per heavy atom. The lowest BCUT2D eigenvalue weighted by Crippen LogP contribution is -2.23. The van der Waals surface area contributed by atoms with E-state index < -0.39 is 18.5 Å². The summed E-state index contributed by atoms with van der Waals surface area (Å²) >= 11 is 11.6. The number of hydrogen-bond acceptors (Lipinski definition) is 5. The molecule has 1 heterocycles. The molecule has 1 amide bonds. The van der Waals surface area contributed by atoms with Gasteiger partial charge >= 0.3 is 5.97 Å². The summed E-state index contributed by atoms with van der Waals surface area (Å²) in [7, 11) is 0. The third-order valence-corrected chi connectivity index (χ3v) is 2.94. The maximum absolute atomic E-state index is 11.7. The average Bonchev–Trinajstić information content (AvgIpc) is 2.48. The standard InChI is InChI=1S/C13H11Cl2NO5/c14-8-1-2-10(9(15)5-8)16-12(17)7-21-13(18)11-6-19-3-4-20-11/h1-2,5-6H,3-4,7H2,(H,16,17). The summed E-state index contributed by atoms with van der Waals surface area (Å²) < 4.78 is 14.7. The number of anilines is 1. The first-order chi connectivity index (χ1) is 10.1. The molecule has 0 saturated carbocycles. The molecule has 0 bridgehead atoms. The molecule has 1 N–H and O–H groups in total. The van der Waals surface area contributed by atoms with Crippen molar-refractivity contribution < 1.29 is 23.8 Å². The molecule has 0 fully saturated rings. The Balaban J connectivity index is 1.84. The van der Waals surface area contributed by atoms with Gasteiger partial charge in [0.15, 0.2) is 6.61 Å². The van der Waals surface area contributed by atoms with Gasteiger partial charge in [0.2, 0.25) is 5.76 Å². The van der Waals surface area contributed by atoms with Crippen molar-refractivity contribution in [2.45, 2.75) is 0 Å². The van der Waals surface area contributed by atoms with E-state index in [1.165, 1.54) is 6.07 Å². The Morgan fingerprint density at radius 2 is 2.10 bits per heavy atom. The van der Waals surface area contributed by atoms with Crippen molar-refractivity contribution in [1.82, 2.24) is 0 Å². The van der Waals surface area contributed by atoms with Crippen molar-refractivity contribution >= 4 is 40.8 Å². The molecule has 0 radical (unpaired) electrons. The molecule has 0 atom stereocenters. The van der Waals surface area contributed by atoms with E-state index in [1.54, 1.807) is 12.1 Å². The van der Waals surface area contributed by atoms with Crippen LogP contribution in [0.15, 0.2) is 30.2 Å². The molecule has 0 aliphatic carbocycles. The van der Waals surface area contributed by atoms with Gasteiger partial charge in [0.25, 0.3) is 5.91 Å². The summed E-state index contributed by atoms with van der Waals surface area (Å²) in [6.07, 6.45) is 1.15. The Labute approximate surface area is 130 Å². The van der Waals surface area contributed by atoms with Crippen molar-refractivity contribution in [2.75, 3.05) is 25.1 Å². The number of ether oxygens (including phenoxy) is 3. The zero-order valence-corrected chi connectivity index (χ0v) is 12.2. The minimum atomic E-state index is -0.771. The lowest BCUT2D eigenvalue weighted by molar-refractivity contribution is -0.148. The topological polar surface area (TPSA) is 73.9 Å². The molecule has 0 saturated heterocycles. The highest BCUT2D eigenvalue weighted by atomic mass is 35.5. The van der Waals surface area contributed by atoms with Gasteiger partial charge in [-0.2, -0.15) is 0 Å². The molecular weight excluding hydrogens is 321 g/mol. The zero-order chi connectivity index (χ0) is 15.2. The Hall–Kier alpha value is -1.92. The largest absolute Gasteiger partial charge is 0.493 e. The monoisotopic (exact) mass is 331 g/mol. The van der Waals surface area contributed by atoms with Gasteiger partial charge in [-0.15, -0.1) is 0 Å². The van der Waals surface area contributed by atoms with E-state index in [0.717, 1.165) is 6.26 Å². The van der Waals surface area contributed by atoms with E-state index >= 15 is 0 Å². The fraction of sp³-hybridized carbons (Fsp3) is 0.231. The number of amides is 1. The number of carbonyl (C=O) groups excluding carboxylic acids is 2. The minimum absolute atomic E-state index is 0.0708. The molecule has 8 heteroatoms. The average molecular weight is 332 g/mol. The zero-order valence-electron chi connectivity index (χ0n) is 10.7. The number of esters is 1. The molecule has 0 unspecified atom stereocenters. The van der Waals surface area contributed by atoms with Crippen LogP contribution in [-0.4, -0.2) is 31.7 Å². The van der Waals surface area contributed by atoms with Crippen molar-refractivity contribution in [3.63, 3.8) is 0 Å². The molecule has 1 aliphatic heterocycles. The van der Waals surface area contributed by atoms with Crippen LogP contribution in [0, 0.1) is 0 Å². The van der Waals surface area contributed by atoms with Crippen LogP contribution < -0.4 is 5.32 Å². The summed E-state index contributed by atoms with van der Waals surface area (Å²) in [5.41, 5.74) is 0.374. The lowest BCUT2D eigenvalue weighted by Gasteiger charge is -2.14. The first-order valence-corrected chi connectivity index (χ1v) is 6.68. The van der Waals surface area contributed by atoms with Crippen molar-refractivity contribution in [1.29, 1.82) is 0 Å². The molecular formula is C13H11Cl2NO5. The van der Waals surface area contributed by atoms with Gasteiger partial charge < -0.3 is 19.5 Å². The normalized spacial score (nSPS) is 13.5. The molecule has 6 nitrogen and oxygen atoms in total. The molecule has 0 spiro atoms. The minimum Gasteiger partial charge on any atom is -0.493 e. The van der Waals surface area contributed by atoms with Crippen LogP contribution in [0.3, 0.4) is 0 Å². The smallest absolute Gasteiger partial charge is 0.377 e. The summed E-state index contributed by atoms with van der Waals surface area (Å²) in [4.78, 5) is 23.2. The Kier molecular flexibility index (Phi) is 5.30. The molecule has 2 rings (SSSR count). The molecule has 0 aromatic heterocycles. The van der Waals surface area contributed by atoms with Crippen molar-refractivity contribution in [2.24, 2.45) is 0 Å². The van der Waals surface area contributed by atoms with Crippen LogP contribution in [0.2, 0.25) is 10.0 Å². The van der Waals surface area contributed by atoms with Crippen LogP contribution in [0.25, 0.3) is 0 Å². The number of benzene rings is 1. The van der Waals surface area contributed by atoms with E-state index in [2.05, 4.69) is 5.32 Å². The Bertz CT molecular complexity index is 588. The summed E-state index contributed by atoms with van der Waals surface area (Å²) in [5.74, 6) is -1.38. The van der Waals surface area contributed by atoms with Crippen LogP contribution in [-0.2, 0) is 23.8 Å². The fourth-order valence-corrected chi connectivity index (χ4v) is 1.91. The van der Waals surface area contributed by atoms with Crippen molar-refractivity contribution in [3.8, 4) is 0 Å². The predicted molar refractivity (Wildman–Crippen MR) is 76.0 cm³/mol. The highest BCUT2D eigenvalue weighted by molar-refractivity contribution is 6.36. The van der Waals surface area contributed by atoms with Crippen LogP contribution in [0.1, 0.15) is 0 Å². The Morgan fingerprint density at radius 1 is 1.29 bits per heavy atom. The van der Waals surface area contributed by atoms with Crippen LogP contribution in [0.5, 0.6) is 0 Å². The summed E-state index contributed by atoms with van der Waals surface area (Å²) in [6.45, 7) is 0.151. The number of hydrogen-bond donors (Lipinski definition) is 1. The first-order valence-electron chi connectivity index (χ1n) is 5.93. The highest BCUT2D eigenvalue weighted by Crippen LogP contribution is 2.25. The van der Waals surface area contributed by atoms with Gasteiger partial charge in [-0.25, -0.2) is 4.79 Å². The van der Waals surface area contributed by atoms with Gasteiger partial charge in [-0.3, -0.25) is 4.79 Å². The van der Waals surface area contributed by atoms with Gasteiger partial charge in [-0.1, -0.05) is 23.2 Å². The van der Waals surface area contributed by atoms with Crippen LogP contribution in [0.4, 0.5) is 5.69 Å². The summed E-state index contributed by atoms with van der Waals surface area (Å²) in [5, 5.41) is 3.23. The molecule has 1 aliphatic rings. The van der Waals surface area contributed by atoms with Gasteiger partial charge in [0, 0.05) is 5.02 Å². The maximum atomic E-state index is 11.7. The van der Waals surface area contributed by atoms with E-state index in [-0.39, 0.29) is 17.4 Å². The predicted octanol–water partition coefficient (Wildman–Crippen LogP) is 2.36. The quantitative estimate of drug-likeness (QED) is 0.857. The van der Waals surface area contributed by atoms with Gasteiger partial charge in [0.05, 0.1) is 10.7 Å². The van der Waals surface area contributed by atoms with E-state index in [0.29, 0.717) is 17.3 Å². The number of carbonyl (C=O) groups is 2. The van der Waals surface area contributed by atoms with Gasteiger partial charge in [-0.05, 0) is 18.2 Å².